The van der Waals surface area contributed by atoms with Crippen LogP contribution in [-0.2, 0) is 4.79 Å². The molecular formula is C17H17FN2O5. The lowest BCUT2D eigenvalue weighted by molar-refractivity contribution is -0.159. The highest BCUT2D eigenvalue weighted by Gasteiger charge is 2.45. The molecule has 0 atom stereocenters. The monoisotopic (exact) mass is 348 g/mol. The fourth-order valence-corrected chi connectivity index (χ4v) is 2.82. The van der Waals surface area contributed by atoms with E-state index in [2.05, 4.69) is 4.98 Å². The van der Waals surface area contributed by atoms with Crippen LogP contribution in [0, 0.1) is 12.7 Å². The molecule has 2 aromatic rings. The lowest BCUT2D eigenvalue weighted by Gasteiger charge is -2.38. The minimum absolute atomic E-state index is 0.113. The van der Waals surface area contributed by atoms with Crippen molar-refractivity contribution in [3.8, 4) is 5.75 Å². The third-order valence-corrected chi connectivity index (χ3v) is 4.32. The number of rotatable bonds is 4. The highest BCUT2D eigenvalue weighted by molar-refractivity contribution is 5.93. The standard InChI is InChI=1S/C17H17FN2O5/c1-11-14(19-10-24-11)15(21)20-8-6-17(7-9-20,16(22)23)25-13-4-2-12(18)3-5-13/h2-5,10H,6-9H2,1H3,(H,22,23). The summed E-state index contributed by atoms with van der Waals surface area (Å²) in [5.74, 6) is -1.15. The Labute approximate surface area is 143 Å². The molecule has 1 aromatic carbocycles. The van der Waals surface area contributed by atoms with Gasteiger partial charge in [-0.25, -0.2) is 14.2 Å². The van der Waals surface area contributed by atoms with Crippen LogP contribution in [0.3, 0.4) is 0 Å². The molecule has 132 valence electrons. The second-order valence-electron chi connectivity index (χ2n) is 5.90. The molecule has 1 saturated heterocycles. The third-order valence-electron chi connectivity index (χ3n) is 4.32. The van der Waals surface area contributed by atoms with Gasteiger partial charge in [-0.05, 0) is 31.2 Å². The third kappa shape index (κ3) is 3.33. The Morgan fingerprint density at radius 3 is 2.44 bits per heavy atom. The Morgan fingerprint density at radius 2 is 1.92 bits per heavy atom. The molecule has 7 nitrogen and oxygen atoms in total. The van der Waals surface area contributed by atoms with Gasteiger partial charge in [0, 0.05) is 25.9 Å². The van der Waals surface area contributed by atoms with Crippen molar-refractivity contribution in [3.63, 3.8) is 0 Å². The summed E-state index contributed by atoms with van der Waals surface area (Å²) in [6.45, 7) is 2.06. The van der Waals surface area contributed by atoms with Crippen LogP contribution in [0.15, 0.2) is 35.1 Å². The number of likely N-dealkylation sites (tertiary alicyclic amines) is 1. The van der Waals surface area contributed by atoms with Gasteiger partial charge < -0.3 is 19.2 Å². The first-order chi connectivity index (χ1) is 11.9. The summed E-state index contributed by atoms with van der Waals surface area (Å²) in [6.07, 6.45) is 1.43. The van der Waals surface area contributed by atoms with Gasteiger partial charge in [0.2, 0.25) is 5.60 Å². The number of carbonyl (C=O) groups excluding carboxylic acids is 1. The van der Waals surface area contributed by atoms with Gasteiger partial charge in [0.05, 0.1) is 0 Å². The number of hydrogen-bond donors (Lipinski definition) is 1. The molecular weight excluding hydrogens is 331 g/mol. The Balaban J connectivity index is 1.72. The molecule has 0 unspecified atom stereocenters. The van der Waals surface area contributed by atoms with Crippen molar-refractivity contribution in [1.29, 1.82) is 0 Å². The van der Waals surface area contributed by atoms with Crippen LogP contribution in [0.4, 0.5) is 4.39 Å². The van der Waals surface area contributed by atoms with Gasteiger partial charge in [0.25, 0.3) is 5.91 Å². The summed E-state index contributed by atoms with van der Waals surface area (Å²) in [6, 6.07) is 5.18. The molecule has 0 aliphatic carbocycles. The zero-order valence-corrected chi connectivity index (χ0v) is 13.6. The van der Waals surface area contributed by atoms with E-state index in [9.17, 15) is 19.1 Å². The maximum atomic E-state index is 13.0. The summed E-state index contributed by atoms with van der Waals surface area (Å²) in [5, 5.41) is 9.63. The predicted octanol–water partition coefficient (Wildman–Crippen LogP) is 2.26. The first kappa shape index (κ1) is 16.9. The molecule has 1 aliphatic heterocycles. The van der Waals surface area contributed by atoms with Crippen LogP contribution < -0.4 is 4.74 Å². The molecule has 2 heterocycles. The van der Waals surface area contributed by atoms with Gasteiger partial charge in [-0.15, -0.1) is 0 Å². The van der Waals surface area contributed by atoms with E-state index in [0.717, 1.165) is 0 Å². The van der Waals surface area contributed by atoms with Crippen LogP contribution in [0.25, 0.3) is 0 Å². The normalized spacial score (nSPS) is 16.5. The average molecular weight is 348 g/mol. The largest absolute Gasteiger partial charge is 0.478 e. The van der Waals surface area contributed by atoms with Gasteiger partial charge in [-0.3, -0.25) is 4.79 Å². The predicted molar refractivity (Wildman–Crippen MR) is 83.8 cm³/mol. The Kier molecular flexibility index (Phi) is 4.43. The van der Waals surface area contributed by atoms with E-state index in [1.165, 1.54) is 35.6 Å². The van der Waals surface area contributed by atoms with Crippen LogP contribution in [0.5, 0.6) is 5.75 Å². The van der Waals surface area contributed by atoms with E-state index in [0.29, 0.717) is 5.76 Å². The number of aliphatic carboxylic acids is 1. The van der Waals surface area contributed by atoms with E-state index in [1.807, 2.05) is 0 Å². The summed E-state index contributed by atoms with van der Waals surface area (Å²) in [7, 11) is 0. The lowest BCUT2D eigenvalue weighted by Crippen LogP contribution is -2.54. The van der Waals surface area contributed by atoms with Gasteiger partial charge >= 0.3 is 5.97 Å². The molecule has 1 aliphatic rings. The zero-order valence-electron chi connectivity index (χ0n) is 13.6. The zero-order chi connectivity index (χ0) is 18.0. The Morgan fingerprint density at radius 1 is 1.28 bits per heavy atom. The molecule has 0 spiro atoms. The molecule has 1 amide bonds. The average Bonchev–Trinajstić information content (AvgIpc) is 3.03. The van der Waals surface area contributed by atoms with E-state index in [4.69, 9.17) is 9.15 Å². The minimum atomic E-state index is -1.45. The van der Waals surface area contributed by atoms with Crippen molar-refractivity contribution in [2.75, 3.05) is 13.1 Å². The number of benzene rings is 1. The lowest BCUT2D eigenvalue weighted by atomic mass is 9.90. The molecule has 0 radical (unpaired) electrons. The summed E-state index contributed by atoms with van der Waals surface area (Å²) >= 11 is 0. The van der Waals surface area contributed by atoms with Crippen molar-refractivity contribution < 1.29 is 28.2 Å². The van der Waals surface area contributed by atoms with Crippen molar-refractivity contribution >= 4 is 11.9 Å². The SMILES string of the molecule is Cc1ocnc1C(=O)N1CCC(Oc2ccc(F)cc2)(C(=O)O)CC1. The summed E-state index contributed by atoms with van der Waals surface area (Å²) in [5.41, 5.74) is -1.23. The number of hydrogen-bond acceptors (Lipinski definition) is 5. The molecule has 1 aromatic heterocycles. The van der Waals surface area contributed by atoms with Gasteiger partial charge in [0.1, 0.15) is 17.3 Å². The Bertz CT molecular complexity index is 779. The topological polar surface area (TPSA) is 92.9 Å². The van der Waals surface area contributed by atoms with Crippen molar-refractivity contribution in [2.45, 2.75) is 25.4 Å². The molecule has 3 rings (SSSR count). The highest BCUT2D eigenvalue weighted by Crippen LogP contribution is 2.30. The molecule has 0 saturated carbocycles. The number of aryl methyl sites for hydroxylation is 1. The molecule has 0 bridgehead atoms. The molecule has 1 N–H and O–H groups in total. The minimum Gasteiger partial charge on any atom is -0.478 e. The van der Waals surface area contributed by atoms with Crippen LogP contribution in [0.1, 0.15) is 29.1 Å². The fourth-order valence-electron chi connectivity index (χ4n) is 2.82. The van der Waals surface area contributed by atoms with Crippen LogP contribution in [0.2, 0.25) is 0 Å². The number of carbonyl (C=O) groups is 2. The molecule has 8 heteroatoms. The number of aromatic nitrogens is 1. The summed E-state index contributed by atoms with van der Waals surface area (Å²) in [4.78, 5) is 29.6. The van der Waals surface area contributed by atoms with E-state index in [-0.39, 0.29) is 43.3 Å². The van der Waals surface area contributed by atoms with Gasteiger partial charge in [0.15, 0.2) is 12.1 Å². The number of ether oxygens (including phenoxy) is 1. The second-order valence-corrected chi connectivity index (χ2v) is 5.90. The first-order valence-electron chi connectivity index (χ1n) is 7.79. The number of oxazole rings is 1. The van der Waals surface area contributed by atoms with Gasteiger partial charge in [-0.1, -0.05) is 0 Å². The van der Waals surface area contributed by atoms with Crippen molar-refractivity contribution in [2.24, 2.45) is 0 Å². The van der Waals surface area contributed by atoms with E-state index >= 15 is 0 Å². The molecule has 25 heavy (non-hydrogen) atoms. The quantitative estimate of drug-likeness (QED) is 0.911. The van der Waals surface area contributed by atoms with Crippen LogP contribution in [-0.4, -0.2) is 45.6 Å². The first-order valence-corrected chi connectivity index (χ1v) is 7.79. The number of carboxylic acid groups (broad SMARTS) is 1. The maximum Gasteiger partial charge on any atom is 0.348 e. The van der Waals surface area contributed by atoms with Gasteiger partial charge in [-0.2, -0.15) is 0 Å². The van der Waals surface area contributed by atoms with Crippen LogP contribution >= 0.6 is 0 Å². The smallest absolute Gasteiger partial charge is 0.348 e. The number of nitrogens with zero attached hydrogens (tertiary/aromatic N) is 2. The number of carboxylic acids is 1. The van der Waals surface area contributed by atoms with E-state index in [1.54, 1.807) is 6.92 Å². The van der Waals surface area contributed by atoms with Crippen molar-refractivity contribution in [3.05, 3.63) is 47.9 Å². The Hall–Kier alpha value is -2.90. The number of piperidine rings is 1. The maximum absolute atomic E-state index is 13.0. The number of halogens is 1. The second kappa shape index (κ2) is 6.54. The number of amides is 1. The van der Waals surface area contributed by atoms with E-state index < -0.39 is 17.4 Å². The molecule has 1 fully saturated rings. The highest BCUT2D eigenvalue weighted by atomic mass is 19.1. The summed E-state index contributed by atoms with van der Waals surface area (Å²) < 4.78 is 23.7. The fraction of sp³-hybridized carbons (Fsp3) is 0.353. The van der Waals surface area contributed by atoms with Crippen molar-refractivity contribution in [1.82, 2.24) is 9.88 Å².